The number of hydrogen-bond donors (Lipinski definition) is 1. The van der Waals surface area contributed by atoms with Crippen molar-refractivity contribution in [2.45, 2.75) is 19.6 Å². The fraction of sp³-hybridized carbons (Fsp3) is 0.387. The normalized spacial score (nSPS) is 16.8. The van der Waals surface area contributed by atoms with Gasteiger partial charge in [-0.25, -0.2) is 0 Å². The third kappa shape index (κ3) is 6.85. The minimum Gasteiger partial charge on any atom is -0.497 e. The molecule has 5 rings (SSSR count). The van der Waals surface area contributed by atoms with E-state index in [1.54, 1.807) is 7.11 Å². The smallest absolute Gasteiger partial charge is 0.234 e. The molecule has 7 heteroatoms. The molecule has 38 heavy (non-hydrogen) atoms. The van der Waals surface area contributed by atoms with E-state index in [-0.39, 0.29) is 5.91 Å². The SMILES string of the molecule is COc1cccc(CN(Cc2cccc(N3CCN(C)CC3)c2)c2cccc(CN3CCNC(=O)C3)c2)c1. The first-order chi connectivity index (χ1) is 18.6. The monoisotopic (exact) mass is 513 g/mol. The maximum Gasteiger partial charge on any atom is 0.234 e. The van der Waals surface area contributed by atoms with Crippen LogP contribution in [0.1, 0.15) is 16.7 Å². The second kappa shape index (κ2) is 12.3. The number of nitrogens with one attached hydrogen (secondary N) is 1. The van der Waals surface area contributed by atoms with Crippen LogP contribution in [-0.4, -0.2) is 75.7 Å². The Morgan fingerprint density at radius 3 is 2.32 bits per heavy atom. The summed E-state index contributed by atoms with van der Waals surface area (Å²) in [6.45, 7) is 8.69. The number of rotatable bonds is 9. The fourth-order valence-electron chi connectivity index (χ4n) is 5.30. The van der Waals surface area contributed by atoms with E-state index in [0.717, 1.165) is 58.1 Å². The summed E-state index contributed by atoms with van der Waals surface area (Å²) in [6, 6.07) is 26.1. The van der Waals surface area contributed by atoms with Gasteiger partial charge in [0.15, 0.2) is 0 Å². The average molecular weight is 514 g/mol. The van der Waals surface area contributed by atoms with E-state index < -0.39 is 0 Å². The predicted molar refractivity (Wildman–Crippen MR) is 154 cm³/mol. The van der Waals surface area contributed by atoms with Crippen LogP contribution in [0.2, 0.25) is 0 Å². The molecule has 2 aliphatic rings. The van der Waals surface area contributed by atoms with Crippen LogP contribution in [-0.2, 0) is 24.4 Å². The molecule has 0 spiro atoms. The Balaban J connectivity index is 1.38. The zero-order valence-corrected chi connectivity index (χ0v) is 22.6. The highest BCUT2D eigenvalue weighted by atomic mass is 16.5. The van der Waals surface area contributed by atoms with E-state index in [2.05, 4.69) is 98.7 Å². The van der Waals surface area contributed by atoms with Crippen molar-refractivity contribution in [1.29, 1.82) is 0 Å². The number of likely N-dealkylation sites (N-methyl/N-ethyl adjacent to an activating group) is 1. The minimum absolute atomic E-state index is 0.104. The van der Waals surface area contributed by atoms with E-state index in [9.17, 15) is 4.79 Å². The molecule has 1 amide bonds. The lowest BCUT2D eigenvalue weighted by molar-refractivity contribution is -0.124. The Morgan fingerprint density at radius 1 is 0.842 bits per heavy atom. The molecule has 3 aromatic carbocycles. The summed E-state index contributed by atoms with van der Waals surface area (Å²) in [4.78, 5) is 21.4. The van der Waals surface area contributed by atoms with E-state index in [4.69, 9.17) is 4.74 Å². The number of amides is 1. The molecule has 0 aromatic heterocycles. The van der Waals surface area contributed by atoms with Gasteiger partial charge < -0.3 is 24.8 Å². The van der Waals surface area contributed by atoms with E-state index >= 15 is 0 Å². The summed E-state index contributed by atoms with van der Waals surface area (Å²) in [6.07, 6.45) is 0. The molecule has 0 aliphatic carbocycles. The molecule has 3 aromatic rings. The standard InChI is InChI=1S/C31H39N5O2/c1-33-14-16-35(17-15-33)28-9-4-7-26(19-28)22-36(23-27-8-5-11-30(20-27)38-2)29-10-3-6-25(18-29)21-34-13-12-32-31(37)24-34/h3-11,18-20H,12-17,21-24H2,1-2H3,(H,32,37). The molecule has 1 N–H and O–H groups in total. The molecule has 0 bridgehead atoms. The number of anilines is 2. The van der Waals surface area contributed by atoms with E-state index in [1.807, 2.05) is 6.07 Å². The predicted octanol–water partition coefficient (Wildman–Crippen LogP) is 3.59. The van der Waals surface area contributed by atoms with Gasteiger partial charge in [0.25, 0.3) is 0 Å². The lowest BCUT2D eigenvalue weighted by atomic mass is 10.1. The third-order valence-corrected chi connectivity index (χ3v) is 7.46. The summed E-state index contributed by atoms with van der Waals surface area (Å²) >= 11 is 0. The van der Waals surface area contributed by atoms with Crippen LogP contribution in [0.25, 0.3) is 0 Å². The molecule has 0 radical (unpaired) electrons. The number of ether oxygens (including phenoxy) is 1. The van der Waals surface area contributed by atoms with Crippen molar-refractivity contribution in [1.82, 2.24) is 15.1 Å². The maximum atomic E-state index is 11.9. The molecule has 0 unspecified atom stereocenters. The minimum atomic E-state index is 0.104. The largest absolute Gasteiger partial charge is 0.497 e. The summed E-state index contributed by atoms with van der Waals surface area (Å²) in [5.74, 6) is 0.976. The van der Waals surface area contributed by atoms with Crippen molar-refractivity contribution in [2.24, 2.45) is 0 Å². The third-order valence-electron chi connectivity index (χ3n) is 7.46. The molecule has 0 atom stereocenters. The van der Waals surface area contributed by atoms with Gasteiger partial charge in [0.1, 0.15) is 5.75 Å². The van der Waals surface area contributed by atoms with Crippen LogP contribution in [0.5, 0.6) is 5.75 Å². The van der Waals surface area contributed by atoms with Gasteiger partial charge in [-0.2, -0.15) is 0 Å². The zero-order chi connectivity index (χ0) is 26.3. The molecular formula is C31H39N5O2. The van der Waals surface area contributed by atoms with Crippen LogP contribution in [0.4, 0.5) is 11.4 Å². The second-order valence-corrected chi connectivity index (χ2v) is 10.4. The Morgan fingerprint density at radius 2 is 1.55 bits per heavy atom. The highest BCUT2D eigenvalue weighted by molar-refractivity contribution is 5.78. The summed E-state index contributed by atoms with van der Waals surface area (Å²) in [5.41, 5.74) is 6.20. The summed E-state index contributed by atoms with van der Waals surface area (Å²) in [7, 11) is 3.91. The van der Waals surface area contributed by atoms with Crippen LogP contribution < -0.4 is 19.9 Å². The van der Waals surface area contributed by atoms with Gasteiger partial charge in [-0.1, -0.05) is 36.4 Å². The van der Waals surface area contributed by atoms with Crippen molar-refractivity contribution < 1.29 is 9.53 Å². The lowest BCUT2D eigenvalue weighted by Crippen LogP contribution is -2.47. The molecule has 2 fully saturated rings. The van der Waals surface area contributed by atoms with Crippen LogP contribution in [0, 0.1) is 0 Å². The van der Waals surface area contributed by atoms with Gasteiger partial charge in [0.2, 0.25) is 5.91 Å². The number of piperazine rings is 2. The average Bonchev–Trinajstić information content (AvgIpc) is 2.93. The quantitative estimate of drug-likeness (QED) is 0.472. The van der Waals surface area contributed by atoms with Crippen molar-refractivity contribution >= 4 is 17.3 Å². The maximum absolute atomic E-state index is 11.9. The highest BCUT2D eigenvalue weighted by Crippen LogP contribution is 2.26. The highest BCUT2D eigenvalue weighted by Gasteiger charge is 2.18. The molecule has 7 nitrogen and oxygen atoms in total. The van der Waals surface area contributed by atoms with Crippen LogP contribution in [0.15, 0.2) is 72.8 Å². The van der Waals surface area contributed by atoms with Crippen molar-refractivity contribution in [3.63, 3.8) is 0 Å². The molecule has 2 saturated heterocycles. The molecular weight excluding hydrogens is 474 g/mol. The Bertz CT molecular complexity index is 1220. The van der Waals surface area contributed by atoms with Crippen LogP contribution in [0.3, 0.4) is 0 Å². The van der Waals surface area contributed by atoms with Crippen molar-refractivity contribution in [3.05, 3.63) is 89.5 Å². The van der Waals surface area contributed by atoms with E-state index in [1.165, 1.54) is 28.1 Å². The summed E-state index contributed by atoms with van der Waals surface area (Å²) in [5, 5.41) is 2.92. The Hall–Kier alpha value is -3.55. The first-order valence-electron chi connectivity index (χ1n) is 13.5. The number of carbonyl (C=O) groups excluding carboxylic acids is 1. The first kappa shape index (κ1) is 26.1. The second-order valence-electron chi connectivity index (χ2n) is 10.4. The fourth-order valence-corrected chi connectivity index (χ4v) is 5.30. The zero-order valence-electron chi connectivity index (χ0n) is 22.6. The van der Waals surface area contributed by atoms with Crippen molar-refractivity contribution in [2.75, 3.05) is 69.8 Å². The Labute approximate surface area is 226 Å². The molecule has 0 saturated carbocycles. The topological polar surface area (TPSA) is 51.3 Å². The van der Waals surface area contributed by atoms with Gasteiger partial charge >= 0.3 is 0 Å². The van der Waals surface area contributed by atoms with Crippen LogP contribution >= 0.6 is 0 Å². The molecule has 2 heterocycles. The number of carbonyl (C=O) groups is 1. The van der Waals surface area contributed by atoms with Gasteiger partial charge in [0.05, 0.1) is 13.7 Å². The first-order valence-corrected chi connectivity index (χ1v) is 13.5. The lowest BCUT2D eigenvalue weighted by Gasteiger charge is -2.34. The molecule has 2 aliphatic heterocycles. The summed E-state index contributed by atoms with van der Waals surface area (Å²) < 4.78 is 5.50. The van der Waals surface area contributed by atoms with Gasteiger partial charge in [-0.05, 0) is 60.1 Å². The Kier molecular flexibility index (Phi) is 8.46. The molecule has 200 valence electrons. The van der Waals surface area contributed by atoms with Gasteiger partial charge in [-0.15, -0.1) is 0 Å². The number of benzene rings is 3. The van der Waals surface area contributed by atoms with Gasteiger partial charge in [0, 0.05) is 70.3 Å². The number of hydrogen-bond acceptors (Lipinski definition) is 6. The van der Waals surface area contributed by atoms with E-state index in [0.29, 0.717) is 13.1 Å². The van der Waals surface area contributed by atoms with Crippen molar-refractivity contribution in [3.8, 4) is 5.75 Å². The number of methoxy groups -OCH3 is 1. The number of nitrogens with zero attached hydrogens (tertiary/aromatic N) is 4. The van der Waals surface area contributed by atoms with Gasteiger partial charge in [-0.3, -0.25) is 9.69 Å².